The molecule has 0 spiro atoms. The van der Waals surface area contributed by atoms with Crippen LogP contribution in [0.4, 0.5) is 0 Å². The average molecular weight is 265 g/mol. The van der Waals surface area contributed by atoms with Gasteiger partial charge in [0.25, 0.3) is 0 Å². The maximum Gasteiger partial charge on any atom is 0.312 e. The van der Waals surface area contributed by atoms with Crippen molar-refractivity contribution in [2.45, 2.75) is 31.5 Å². The van der Waals surface area contributed by atoms with E-state index < -0.39 is 11.8 Å². The largest absolute Gasteiger partial charge is 0.469 e. The van der Waals surface area contributed by atoms with Gasteiger partial charge in [-0.1, -0.05) is 12.2 Å². The van der Waals surface area contributed by atoms with Crippen LogP contribution in [0, 0.1) is 11.8 Å². The van der Waals surface area contributed by atoms with Crippen LogP contribution < -0.4 is 0 Å². The molecule has 2 unspecified atom stereocenters. The summed E-state index contributed by atoms with van der Waals surface area (Å²) in [5.74, 6) is -1.17. The molecule has 0 saturated carbocycles. The lowest BCUT2D eigenvalue weighted by Gasteiger charge is -2.32. The van der Waals surface area contributed by atoms with Crippen molar-refractivity contribution in [2.24, 2.45) is 11.8 Å². The first kappa shape index (κ1) is 12.7. The molecule has 1 amide bonds. The molecule has 4 atom stereocenters. The Morgan fingerprint density at radius 1 is 1.11 bits per heavy atom. The molecule has 0 aliphatic carbocycles. The summed E-state index contributed by atoms with van der Waals surface area (Å²) in [6.45, 7) is 1.59. The summed E-state index contributed by atoms with van der Waals surface area (Å²) in [4.78, 5) is 26.4. The van der Waals surface area contributed by atoms with Crippen molar-refractivity contribution in [3.05, 3.63) is 12.2 Å². The summed E-state index contributed by atoms with van der Waals surface area (Å²) in [7, 11) is 1.36. The second-order valence-corrected chi connectivity index (χ2v) is 5.41. The van der Waals surface area contributed by atoms with Crippen LogP contribution in [0.25, 0.3) is 0 Å². The van der Waals surface area contributed by atoms with Crippen LogP contribution in [-0.4, -0.2) is 49.2 Å². The number of nitrogens with zero attached hydrogens (tertiary/aromatic N) is 1. The van der Waals surface area contributed by atoms with Crippen LogP contribution in [0.5, 0.6) is 0 Å². The van der Waals surface area contributed by atoms with Crippen LogP contribution in [-0.2, 0) is 19.1 Å². The molecule has 2 saturated heterocycles. The summed E-state index contributed by atoms with van der Waals surface area (Å²) in [5, 5.41) is 0. The van der Waals surface area contributed by atoms with Gasteiger partial charge < -0.3 is 14.4 Å². The Balaban J connectivity index is 1.79. The Labute approximate surface area is 112 Å². The first-order chi connectivity index (χ1) is 9.22. The molecule has 0 aromatic carbocycles. The van der Waals surface area contributed by atoms with E-state index in [-0.39, 0.29) is 24.1 Å². The fraction of sp³-hybridized carbons (Fsp3) is 0.714. The zero-order chi connectivity index (χ0) is 13.4. The second kappa shape index (κ2) is 4.96. The highest BCUT2D eigenvalue weighted by Crippen LogP contribution is 2.41. The lowest BCUT2D eigenvalue weighted by atomic mass is 9.81. The van der Waals surface area contributed by atoms with Crippen molar-refractivity contribution in [3.8, 4) is 0 Å². The van der Waals surface area contributed by atoms with Gasteiger partial charge in [0.1, 0.15) is 5.92 Å². The minimum Gasteiger partial charge on any atom is -0.469 e. The standard InChI is InChI=1S/C14H19NO4/c1-18-14(17)12-10-6-5-9(19-10)11(12)13(16)15-7-3-2-4-8-15/h5-6,9-12H,2-4,7-8H2,1H3/t9-,10+,11?,12?/m0/s1. The van der Waals surface area contributed by atoms with E-state index in [1.807, 2.05) is 17.1 Å². The van der Waals surface area contributed by atoms with Gasteiger partial charge in [-0.05, 0) is 19.3 Å². The van der Waals surface area contributed by atoms with Crippen molar-refractivity contribution in [1.82, 2.24) is 4.90 Å². The van der Waals surface area contributed by atoms with Gasteiger partial charge in [-0.15, -0.1) is 0 Å². The third kappa shape index (κ3) is 2.06. The summed E-state index contributed by atoms with van der Waals surface area (Å²) in [5.41, 5.74) is 0. The molecule has 0 aromatic rings. The van der Waals surface area contributed by atoms with Crippen LogP contribution in [0.1, 0.15) is 19.3 Å². The van der Waals surface area contributed by atoms with Gasteiger partial charge in [0.15, 0.2) is 0 Å². The molecule has 3 aliphatic heterocycles. The van der Waals surface area contributed by atoms with Crippen molar-refractivity contribution >= 4 is 11.9 Å². The number of ether oxygens (including phenoxy) is 2. The summed E-state index contributed by atoms with van der Waals surface area (Å²) in [6.07, 6.45) is 6.48. The van der Waals surface area contributed by atoms with Crippen LogP contribution in [0.15, 0.2) is 12.2 Å². The van der Waals surface area contributed by atoms with Gasteiger partial charge >= 0.3 is 5.97 Å². The normalized spacial score (nSPS) is 36.6. The molecule has 0 N–H and O–H groups in total. The number of hydrogen-bond acceptors (Lipinski definition) is 4. The molecule has 0 radical (unpaired) electrons. The zero-order valence-corrected chi connectivity index (χ0v) is 11.1. The number of carbonyl (C=O) groups is 2. The van der Waals surface area contributed by atoms with E-state index in [1.165, 1.54) is 13.5 Å². The van der Waals surface area contributed by atoms with E-state index in [4.69, 9.17) is 9.47 Å². The van der Waals surface area contributed by atoms with Gasteiger partial charge in [0, 0.05) is 13.1 Å². The molecule has 0 aromatic heterocycles. The minimum absolute atomic E-state index is 0.0481. The molecule has 5 heteroatoms. The molecular weight excluding hydrogens is 246 g/mol. The highest BCUT2D eigenvalue weighted by atomic mass is 16.5. The quantitative estimate of drug-likeness (QED) is 0.546. The van der Waals surface area contributed by atoms with E-state index in [2.05, 4.69) is 0 Å². The van der Waals surface area contributed by atoms with Crippen LogP contribution in [0.3, 0.4) is 0 Å². The highest BCUT2D eigenvalue weighted by Gasteiger charge is 2.54. The highest BCUT2D eigenvalue weighted by molar-refractivity contribution is 5.88. The Morgan fingerprint density at radius 2 is 1.74 bits per heavy atom. The molecule has 2 bridgehead atoms. The minimum atomic E-state index is -0.477. The van der Waals surface area contributed by atoms with Gasteiger partial charge in [0.2, 0.25) is 5.91 Å². The number of methoxy groups -OCH3 is 1. The van der Waals surface area contributed by atoms with E-state index in [0.717, 1.165) is 25.9 Å². The number of hydrogen-bond donors (Lipinski definition) is 0. The molecule has 3 aliphatic rings. The lowest BCUT2D eigenvalue weighted by Crippen LogP contribution is -2.46. The van der Waals surface area contributed by atoms with Crippen LogP contribution >= 0.6 is 0 Å². The van der Waals surface area contributed by atoms with E-state index >= 15 is 0 Å². The van der Waals surface area contributed by atoms with Crippen molar-refractivity contribution in [2.75, 3.05) is 20.2 Å². The summed E-state index contributed by atoms with van der Waals surface area (Å²) in [6, 6.07) is 0. The number of likely N-dealkylation sites (tertiary alicyclic amines) is 1. The number of esters is 1. The number of piperidine rings is 1. The first-order valence-electron chi connectivity index (χ1n) is 6.93. The third-order valence-electron chi connectivity index (χ3n) is 4.33. The first-order valence-corrected chi connectivity index (χ1v) is 6.93. The zero-order valence-electron chi connectivity index (χ0n) is 11.1. The molecular formula is C14H19NO4. The number of carbonyl (C=O) groups excluding carboxylic acids is 2. The predicted octanol–water partition coefficient (Wildman–Crippen LogP) is 0.741. The molecule has 3 rings (SSSR count). The SMILES string of the molecule is COC(=O)C1C(C(=O)N2CCCCC2)[C@@H]2C=C[C@H]1O2. The topological polar surface area (TPSA) is 55.8 Å². The maximum absolute atomic E-state index is 12.6. The Hall–Kier alpha value is -1.36. The third-order valence-corrected chi connectivity index (χ3v) is 4.33. The number of fused-ring (bicyclic) bond motifs is 2. The molecule has 2 fully saturated rings. The van der Waals surface area contributed by atoms with E-state index in [1.54, 1.807) is 0 Å². The molecule has 19 heavy (non-hydrogen) atoms. The fourth-order valence-corrected chi connectivity index (χ4v) is 3.34. The fourth-order valence-electron chi connectivity index (χ4n) is 3.34. The molecule has 3 heterocycles. The monoisotopic (exact) mass is 265 g/mol. The van der Waals surface area contributed by atoms with Crippen molar-refractivity contribution in [3.63, 3.8) is 0 Å². The number of amides is 1. The van der Waals surface area contributed by atoms with Gasteiger partial charge in [-0.3, -0.25) is 9.59 Å². The van der Waals surface area contributed by atoms with Gasteiger partial charge in [0.05, 0.1) is 25.2 Å². The Bertz CT molecular complexity index is 414. The molecule has 104 valence electrons. The smallest absolute Gasteiger partial charge is 0.312 e. The van der Waals surface area contributed by atoms with Gasteiger partial charge in [-0.2, -0.15) is 0 Å². The van der Waals surface area contributed by atoms with Crippen LogP contribution in [0.2, 0.25) is 0 Å². The van der Waals surface area contributed by atoms with Crippen molar-refractivity contribution in [1.29, 1.82) is 0 Å². The summed E-state index contributed by atoms with van der Waals surface area (Å²) < 4.78 is 10.5. The maximum atomic E-state index is 12.6. The van der Waals surface area contributed by atoms with E-state index in [9.17, 15) is 9.59 Å². The van der Waals surface area contributed by atoms with Gasteiger partial charge in [-0.25, -0.2) is 0 Å². The van der Waals surface area contributed by atoms with Crippen molar-refractivity contribution < 1.29 is 19.1 Å². The molecule has 5 nitrogen and oxygen atoms in total. The predicted molar refractivity (Wildman–Crippen MR) is 67.2 cm³/mol. The second-order valence-electron chi connectivity index (χ2n) is 5.41. The Kier molecular flexibility index (Phi) is 3.31. The average Bonchev–Trinajstić information content (AvgIpc) is 3.07. The van der Waals surface area contributed by atoms with E-state index in [0.29, 0.717) is 0 Å². The Morgan fingerprint density at radius 3 is 2.37 bits per heavy atom. The number of rotatable bonds is 2. The lowest BCUT2D eigenvalue weighted by molar-refractivity contribution is -0.152. The summed E-state index contributed by atoms with van der Waals surface area (Å²) >= 11 is 0.